The van der Waals surface area contributed by atoms with E-state index in [1.807, 2.05) is 6.07 Å². The van der Waals surface area contributed by atoms with Crippen LogP contribution < -0.4 is 0 Å². The molecule has 0 aliphatic carbocycles. The van der Waals surface area contributed by atoms with Crippen molar-refractivity contribution in [2.75, 3.05) is 14.1 Å². The molecule has 0 aliphatic heterocycles. The molecule has 0 spiro atoms. The lowest BCUT2D eigenvalue weighted by Gasteiger charge is -2.08. The first-order chi connectivity index (χ1) is 7.54. The highest BCUT2D eigenvalue weighted by Crippen LogP contribution is 2.13. The SMILES string of the molecule is CN(C)C(=O)/C(C#N)=C\c1ccc(O)cc1. The first-order valence-electron chi connectivity index (χ1n) is 4.67. The molecule has 1 amide bonds. The molecule has 0 unspecified atom stereocenters. The van der Waals surface area contributed by atoms with Crippen LogP contribution in [0.15, 0.2) is 29.8 Å². The van der Waals surface area contributed by atoms with Crippen LogP contribution in [0.3, 0.4) is 0 Å². The largest absolute Gasteiger partial charge is 0.508 e. The number of nitriles is 1. The van der Waals surface area contributed by atoms with Crippen LogP contribution in [0.1, 0.15) is 5.56 Å². The van der Waals surface area contributed by atoms with Crippen LogP contribution in [-0.4, -0.2) is 30.0 Å². The van der Waals surface area contributed by atoms with E-state index in [9.17, 15) is 4.79 Å². The monoisotopic (exact) mass is 216 g/mol. The van der Waals surface area contributed by atoms with E-state index in [1.165, 1.54) is 23.1 Å². The lowest BCUT2D eigenvalue weighted by Crippen LogP contribution is -2.22. The van der Waals surface area contributed by atoms with Crippen LogP contribution in [0.2, 0.25) is 0 Å². The Morgan fingerprint density at radius 1 is 1.38 bits per heavy atom. The molecule has 0 aromatic heterocycles. The molecular weight excluding hydrogens is 204 g/mol. The Hall–Kier alpha value is -2.28. The Morgan fingerprint density at radius 3 is 2.38 bits per heavy atom. The predicted octanol–water partition coefficient (Wildman–Crippen LogP) is 1.39. The minimum absolute atomic E-state index is 0.0655. The fourth-order valence-electron chi connectivity index (χ4n) is 1.12. The summed E-state index contributed by atoms with van der Waals surface area (Å²) < 4.78 is 0. The number of phenolic OH excluding ortho intramolecular Hbond substituents is 1. The van der Waals surface area contributed by atoms with Gasteiger partial charge in [-0.3, -0.25) is 4.79 Å². The van der Waals surface area contributed by atoms with Gasteiger partial charge >= 0.3 is 0 Å². The van der Waals surface area contributed by atoms with E-state index in [1.54, 1.807) is 26.2 Å². The van der Waals surface area contributed by atoms with Crippen LogP contribution in [-0.2, 0) is 4.79 Å². The Labute approximate surface area is 94.0 Å². The van der Waals surface area contributed by atoms with E-state index in [0.717, 1.165) is 0 Å². The predicted molar refractivity (Wildman–Crippen MR) is 60.4 cm³/mol. The normalized spacial score (nSPS) is 10.7. The van der Waals surface area contributed by atoms with Crippen molar-refractivity contribution in [3.63, 3.8) is 0 Å². The molecule has 4 heteroatoms. The van der Waals surface area contributed by atoms with Crippen LogP contribution in [0.4, 0.5) is 0 Å². The van der Waals surface area contributed by atoms with Crippen molar-refractivity contribution < 1.29 is 9.90 Å². The van der Waals surface area contributed by atoms with Gasteiger partial charge in [-0.2, -0.15) is 5.26 Å². The highest BCUT2D eigenvalue weighted by Gasteiger charge is 2.10. The fourth-order valence-corrected chi connectivity index (χ4v) is 1.12. The van der Waals surface area contributed by atoms with Crippen LogP contribution in [0, 0.1) is 11.3 Å². The summed E-state index contributed by atoms with van der Waals surface area (Å²) in [5.41, 5.74) is 0.764. The zero-order valence-corrected chi connectivity index (χ0v) is 9.14. The highest BCUT2D eigenvalue weighted by molar-refractivity contribution is 6.01. The third-order valence-corrected chi connectivity index (χ3v) is 1.96. The van der Waals surface area contributed by atoms with E-state index in [-0.39, 0.29) is 17.2 Å². The smallest absolute Gasteiger partial charge is 0.264 e. The van der Waals surface area contributed by atoms with E-state index in [2.05, 4.69) is 0 Å². The van der Waals surface area contributed by atoms with Crippen molar-refractivity contribution in [1.82, 2.24) is 4.90 Å². The van der Waals surface area contributed by atoms with Crippen molar-refractivity contribution in [2.45, 2.75) is 0 Å². The van der Waals surface area contributed by atoms with Crippen molar-refractivity contribution in [2.24, 2.45) is 0 Å². The molecule has 1 aromatic carbocycles. The lowest BCUT2D eigenvalue weighted by molar-refractivity contribution is -0.124. The topological polar surface area (TPSA) is 64.3 Å². The summed E-state index contributed by atoms with van der Waals surface area (Å²) >= 11 is 0. The number of likely N-dealkylation sites (N-methyl/N-ethyl adjacent to an activating group) is 1. The van der Waals surface area contributed by atoms with Gasteiger partial charge in [0.05, 0.1) is 0 Å². The molecule has 0 saturated heterocycles. The van der Waals surface area contributed by atoms with Gasteiger partial charge in [0.2, 0.25) is 0 Å². The minimum Gasteiger partial charge on any atom is -0.508 e. The average molecular weight is 216 g/mol. The molecule has 0 saturated carbocycles. The summed E-state index contributed by atoms with van der Waals surface area (Å²) in [7, 11) is 3.18. The summed E-state index contributed by atoms with van der Waals surface area (Å²) in [4.78, 5) is 12.9. The molecule has 0 atom stereocenters. The highest BCUT2D eigenvalue weighted by atomic mass is 16.3. The summed E-state index contributed by atoms with van der Waals surface area (Å²) in [6.45, 7) is 0. The zero-order chi connectivity index (χ0) is 12.1. The van der Waals surface area contributed by atoms with Gasteiger partial charge in [-0.25, -0.2) is 0 Å². The van der Waals surface area contributed by atoms with Crippen molar-refractivity contribution in [3.05, 3.63) is 35.4 Å². The Balaban J connectivity index is 3.02. The lowest BCUT2D eigenvalue weighted by atomic mass is 10.1. The second-order valence-corrected chi connectivity index (χ2v) is 3.46. The molecule has 1 rings (SSSR count). The quantitative estimate of drug-likeness (QED) is 0.600. The number of hydrogen-bond donors (Lipinski definition) is 1. The first-order valence-corrected chi connectivity index (χ1v) is 4.67. The van der Waals surface area contributed by atoms with E-state index in [4.69, 9.17) is 10.4 Å². The first kappa shape index (κ1) is 11.8. The summed E-state index contributed by atoms with van der Waals surface area (Å²) in [6.07, 6.45) is 1.49. The van der Waals surface area contributed by atoms with Crippen molar-refractivity contribution >= 4 is 12.0 Å². The molecule has 1 N–H and O–H groups in total. The van der Waals surface area contributed by atoms with E-state index in [0.29, 0.717) is 5.56 Å². The van der Waals surface area contributed by atoms with Gasteiger partial charge in [-0.15, -0.1) is 0 Å². The molecule has 16 heavy (non-hydrogen) atoms. The van der Waals surface area contributed by atoms with Gasteiger partial charge < -0.3 is 10.0 Å². The standard InChI is InChI=1S/C12H12N2O2/c1-14(2)12(16)10(8-13)7-9-3-5-11(15)6-4-9/h3-7,15H,1-2H3/b10-7-. The number of rotatable bonds is 2. The number of benzene rings is 1. The van der Waals surface area contributed by atoms with Gasteiger partial charge in [0, 0.05) is 14.1 Å². The number of carbonyl (C=O) groups excluding carboxylic acids is 1. The Kier molecular flexibility index (Phi) is 3.67. The van der Waals surface area contributed by atoms with Crippen molar-refractivity contribution in [3.8, 4) is 11.8 Å². The van der Waals surface area contributed by atoms with Gasteiger partial charge in [0.1, 0.15) is 17.4 Å². The molecular formula is C12H12N2O2. The average Bonchev–Trinajstić information content (AvgIpc) is 2.27. The molecule has 0 fully saturated rings. The third-order valence-electron chi connectivity index (χ3n) is 1.96. The van der Waals surface area contributed by atoms with Gasteiger partial charge in [-0.1, -0.05) is 12.1 Å². The minimum atomic E-state index is -0.337. The zero-order valence-electron chi connectivity index (χ0n) is 9.14. The Bertz CT molecular complexity index is 453. The molecule has 0 bridgehead atoms. The molecule has 0 heterocycles. The van der Waals surface area contributed by atoms with Crippen molar-refractivity contribution in [1.29, 1.82) is 5.26 Å². The molecule has 0 radical (unpaired) electrons. The number of nitrogens with zero attached hydrogens (tertiary/aromatic N) is 2. The molecule has 82 valence electrons. The summed E-state index contributed by atoms with van der Waals surface area (Å²) in [5, 5.41) is 17.9. The number of phenols is 1. The number of hydrogen-bond acceptors (Lipinski definition) is 3. The second-order valence-electron chi connectivity index (χ2n) is 3.46. The number of amides is 1. The molecule has 4 nitrogen and oxygen atoms in total. The number of carbonyl (C=O) groups is 1. The molecule has 1 aromatic rings. The van der Waals surface area contributed by atoms with Crippen LogP contribution >= 0.6 is 0 Å². The third kappa shape index (κ3) is 2.85. The van der Waals surface area contributed by atoms with E-state index < -0.39 is 0 Å². The maximum absolute atomic E-state index is 11.5. The van der Waals surface area contributed by atoms with Crippen LogP contribution in [0.25, 0.3) is 6.08 Å². The number of aromatic hydroxyl groups is 1. The fraction of sp³-hybridized carbons (Fsp3) is 0.167. The van der Waals surface area contributed by atoms with Gasteiger partial charge in [0.25, 0.3) is 5.91 Å². The summed E-state index contributed by atoms with van der Waals surface area (Å²) in [5.74, 6) is -0.190. The van der Waals surface area contributed by atoms with Crippen LogP contribution in [0.5, 0.6) is 5.75 Å². The van der Waals surface area contributed by atoms with E-state index >= 15 is 0 Å². The molecule has 0 aliphatic rings. The Morgan fingerprint density at radius 2 is 1.94 bits per heavy atom. The summed E-state index contributed by atoms with van der Waals surface area (Å²) in [6, 6.07) is 8.12. The van der Waals surface area contributed by atoms with Gasteiger partial charge in [-0.05, 0) is 23.8 Å². The maximum atomic E-state index is 11.5. The second kappa shape index (κ2) is 4.99. The van der Waals surface area contributed by atoms with Gasteiger partial charge in [0.15, 0.2) is 0 Å². The maximum Gasteiger partial charge on any atom is 0.264 e.